The maximum atomic E-state index is 5.52. The molecule has 0 unspecified atom stereocenters. The summed E-state index contributed by atoms with van der Waals surface area (Å²) < 4.78 is 5.52. The van der Waals surface area contributed by atoms with Gasteiger partial charge in [0, 0.05) is 30.4 Å². The van der Waals surface area contributed by atoms with Crippen LogP contribution < -0.4 is 10.1 Å². The van der Waals surface area contributed by atoms with Gasteiger partial charge in [-0.05, 0) is 42.8 Å². The van der Waals surface area contributed by atoms with E-state index in [1.54, 1.807) is 0 Å². The van der Waals surface area contributed by atoms with Crippen LogP contribution in [0.4, 0.5) is 5.69 Å². The molecule has 0 amide bonds. The van der Waals surface area contributed by atoms with E-state index in [2.05, 4.69) is 35.4 Å². The minimum Gasteiger partial charge on any atom is -0.493 e. The first-order valence-corrected chi connectivity index (χ1v) is 6.33. The SMILES string of the molecule is CCNc1ccnc(-c2ccc3c(c2)CCO3)c1. The van der Waals surface area contributed by atoms with Gasteiger partial charge in [-0.25, -0.2) is 0 Å². The van der Waals surface area contributed by atoms with Crippen LogP contribution in [0.5, 0.6) is 5.75 Å². The summed E-state index contributed by atoms with van der Waals surface area (Å²) in [5.74, 6) is 1.02. The molecule has 0 radical (unpaired) electrons. The highest BCUT2D eigenvalue weighted by Crippen LogP contribution is 2.30. The van der Waals surface area contributed by atoms with E-state index in [0.29, 0.717) is 0 Å². The topological polar surface area (TPSA) is 34.2 Å². The first-order chi connectivity index (χ1) is 8.86. The van der Waals surface area contributed by atoms with Gasteiger partial charge in [0.15, 0.2) is 0 Å². The Bertz CT molecular complexity index is 566. The molecule has 1 aliphatic rings. The second kappa shape index (κ2) is 4.69. The number of pyridine rings is 1. The van der Waals surface area contributed by atoms with Crippen molar-refractivity contribution >= 4 is 5.69 Å². The van der Waals surface area contributed by atoms with Crippen LogP contribution in [0.25, 0.3) is 11.3 Å². The van der Waals surface area contributed by atoms with Crippen molar-refractivity contribution in [2.45, 2.75) is 13.3 Å². The van der Waals surface area contributed by atoms with Gasteiger partial charge in [0.25, 0.3) is 0 Å². The minimum absolute atomic E-state index is 0.795. The lowest BCUT2D eigenvalue weighted by Gasteiger charge is -2.07. The quantitative estimate of drug-likeness (QED) is 0.895. The molecule has 2 aromatic rings. The fraction of sp³-hybridized carbons (Fsp3) is 0.267. The van der Waals surface area contributed by atoms with E-state index in [0.717, 1.165) is 42.3 Å². The first kappa shape index (κ1) is 11.1. The number of nitrogens with zero attached hydrogens (tertiary/aromatic N) is 1. The van der Waals surface area contributed by atoms with Gasteiger partial charge in [-0.2, -0.15) is 0 Å². The molecule has 0 spiro atoms. The first-order valence-electron chi connectivity index (χ1n) is 6.33. The Hall–Kier alpha value is -2.03. The number of ether oxygens (including phenoxy) is 1. The summed E-state index contributed by atoms with van der Waals surface area (Å²) in [4.78, 5) is 4.44. The molecule has 0 saturated carbocycles. The van der Waals surface area contributed by atoms with E-state index in [1.807, 2.05) is 18.3 Å². The van der Waals surface area contributed by atoms with Crippen molar-refractivity contribution in [2.24, 2.45) is 0 Å². The standard InChI is InChI=1S/C15H16N2O/c1-2-16-13-5-7-17-14(10-13)11-3-4-15-12(9-11)6-8-18-15/h3-5,7,9-10H,2,6,8H2,1H3,(H,16,17). The van der Waals surface area contributed by atoms with E-state index >= 15 is 0 Å². The normalized spacial score (nSPS) is 12.9. The fourth-order valence-corrected chi connectivity index (χ4v) is 2.25. The highest BCUT2D eigenvalue weighted by molar-refractivity contribution is 5.66. The maximum Gasteiger partial charge on any atom is 0.122 e. The number of rotatable bonds is 3. The van der Waals surface area contributed by atoms with Crippen LogP contribution in [0, 0.1) is 0 Å². The molecule has 18 heavy (non-hydrogen) atoms. The average molecular weight is 240 g/mol. The van der Waals surface area contributed by atoms with Gasteiger partial charge in [-0.1, -0.05) is 0 Å². The lowest BCUT2D eigenvalue weighted by molar-refractivity contribution is 0.357. The van der Waals surface area contributed by atoms with E-state index in [1.165, 1.54) is 5.56 Å². The van der Waals surface area contributed by atoms with Crippen molar-refractivity contribution in [2.75, 3.05) is 18.5 Å². The lowest BCUT2D eigenvalue weighted by Crippen LogP contribution is -1.97. The Labute approximate surface area is 107 Å². The Morgan fingerprint density at radius 2 is 2.22 bits per heavy atom. The average Bonchev–Trinajstić information content (AvgIpc) is 2.86. The molecule has 0 fully saturated rings. The molecule has 0 atom stereocenters. The second-order valence-electron chi connectivity index (χ2n) is 4.38. The zero-order valence-corrected chi connectivity index (χ0v) is 10.4. The largest absolute Gasteiger partial charge is 0.493 e. The molecule has 3 rings (SSSR count). The predicted octanol–water partition coefficient (Wildman–Crippen LogP) is 3.12. The molecule has 0 aliphatic carbocycles. The van der Waals surface area contributed by atoms with Crippen LogP contribution in [0.3, 0.4) is 0 Å². The second-order valence-corrected chi connectivity index (χ2v) is 4.38. The molecule has 1 aliphatic heterocycles. The zero-order chi connectivity index (χ0) is 12.4. The third-order valence-corrected chi connectivity index (χ3v) is 3.13. The van der Waals surface area contributed by atoms with Gasteiger partial charge in [0.2, 0.25) is 0 Å². The van der Waals surface area contributed by atoms with Crippen LogP contribution in [0.1, 0.15) is 12.5 Å². The summed E-state index contributed by atoms with van der Waals surface area (Å²) in [5, 5.41) is 3.31. The Morgan fingerprint density at radius 3 is 3.11 bits per heavy atom. The van der Waals surface area contributed by atoms with Crippen molar-refractivity contribution in [1.29, 1.82) is 0 Å². The summed E-state index contributed by atoms with van der Waals surface area (Å²) in [5.41, 5.74) is 4.55. The number of hydrogen-bond acceptors (Lipinski definition) is 3. The molecule has 3 heteroatoms. The van der Waals surface area contributed by atoms with Crippen molar-refractivity contribution in [3.8, 4) is 17.0 Å². The van der Waals surface area contributed by atoms with Gasteiger partial charge < -0.3 is 10.1 Å². The Balaban J connectivity index is 1.96. The van der Waals surface area contributed by atoms with E-state index in [4.69, 9.17) is 4.74 Å². The summed E-state index contributed by atoms with van der Waals surface area (Å²) >= 11 is 0. The van der Waals surface area contributed by atoms with Gasteiger partial charge in [-0.15, -0.1) is 0 Å². The molecule has 1 N–H and O–H groups in total. The van der Waals surface area contributed by atoms with Crippen LogP contribution in [-0.4, -0.2) is 18.1 Å². The third-order valence-electron chi connectivity index (χ3n) is 3.13. The van der Waals surface area contributed by atoms with Crippen LogP contribution >= 0.6 is 0 Å². The highest BCUT2D eigenvalue weighted by Gasteiger charge is 2.13. The molecule has 1 aromatic heterocycles. The van der Waals surface area contributed by atoms with Crippen LogP contribution in [0.2, 0.25) is 0 Å². The van der Waals surface area contributed by atoms with Crippen LogP contribution in [-0.2, 0) is 6.42 Å². The Kier molecular flexibility index (Phi) is 2.89. The number of benzene rings is 1. The Morgan fingerprint density at radius 1 is 1.28 bits per heavy atom. The number of fused-ring (bicyclic) bond motifs is 1. The van der Waals surface area contributed by atoms with E-state index in [9.17, 15) is 0 Å². The van der Waals surface area contributed by atoms with E-state index < -0.39 is 0 Å². The van der Waals surface area contributed by atoms with Gasteiger partial charge in [0.1, 0.15) is 5.75 Å². The molecule has 1 aromatic carbocycles. The molecule has 0 saturated heterocycles. The minimum atomic E-state index is 0.795. The molecular weight excluding hydrogens is 224 g/mol. The summed E-state index contributed by atoms with van der Waals surface area (Å²) in [6, 6.07) is 10.4. The molecule has 92 valence electrons. The van der Waals surface area contributed by atoms with Gasteiger partial charge >= 0.3 is 0 Å². The van der Waals surface area contributed by atoms with Gasteiger partial charge in [0.05, 0.1) is 12.3 Å². The summed E-state index contributed by atoms with van der Waals surface area (Å²) in [6.07, 6.45) is 2.84. The predicted molar refractivity (Wildman–Crippen MR) is 73.0 cm³/mol. The maximum absolute atomic E-state index is 5.52. The number of anilines is 1. The van der Waals surface area contributed by atoms with Crippen molar-refractivity contribution in [3.63, 3.8) is 0 Å². The van der Waals surface area contributed by atoms with Crippen molar-refractivity contribution in [1.82, 2.24) is 4.98 Å². The van der Waals surface area contributed by atoms with E-state index in [-0.39, 0.29) is 0 Å². The number of nitrogens with one attached hydrogen (secondary N) is 1. The molecule has 3 nitrogen and oxygen atoms in total. The summed E-state index contributed by atoms with van der Waals surface area (Å²) in [7, 11) is 0. The van der Waals surface area contributed by atoms with Gasteiger partial charge in [-0.3, -0.25) is 4.98 Å². The number of aromatic nitrogens is 1. The lowest BCUT2D eigenvalue weighted by atomic mass is 10.1. The third kappa shape index (κ3) is 2.04. The van der Waals surface area contributed by atoms with Crippen molar-refractivity contribution < 1.29 is 4.74 Å². The molecular formula is C15H16N2O. The zero-order valence-electron chi connectivity index (χ0n) is 10.4. The van der Waals surface area contributed by atoms with Crippen LogP contribution in [0.15, 0.2) is 36.5 Å². The fourth-order valence-electron chi connectivity index (χ4n) is 2.25. The highest BCUT2D eigenvalue weighted by atomic mass is 16.5. The molecule has 2 heterocycles. The number of hydrogen-bond donors (Lipinski definition) is 1. The smallest absolute Gasteiger partial charge is 0.122 e. The summed E-state index contributed by atoms with van der Waals surface area (Å²) in [6.45, 7) is 3.80. The molecule has 0 bridgehead atoms. The van der Waals surface area contributed by atoms with Crippen molar-refractivity contribution in [3.05, 3.63) is 42.1 Å². The monoisotopic (exact) mass is 240 g/mol.